The lowest BCUT2D eigenvalue weighted by molar-refractivity contribution is -0.119. The van der Waals surface area contributed by atoms with Gasteiger partial charge in [0.05, 0.1) is 0 Å². The van der Waals surface area contributed by atoms with Gasteiger partial charge in [-0.25, -0.2) is 0 Å². The van der Waals surface area contributed by atoms with Crippen LogP contribution >= 0.6 is 0 Å². The minimum absolute atomic E-state index is 0.0859. The zero-order chi connectivity index (χ0) is 9.14. The third-order valence-electron chi connectivity index (χ3n) is 1.28. The summed E-state index contributed by atoms with van der Waals surface area (Å²) in [6, 6.07) is 0.159. The van der Waals surface area contributed by atoms with Gasteiger partial charge in [0.25, 0.3) is 0 Å². The number of nitrogens with one attached hydrogen (secondary N) is 1. The Labute approximate surface area is 70.2 Å². The van der Waals surface area contributed by atoms with Gasteiger partial charge in [0.15, 0.2) is 0 Å². The number of carbonyl (C=O) groups excluding carboxylic acids is 1. The number of aromatic nitrogens is 2. The van der Waals surface area contributed by atoms with Gasteiger partial charge in [0.1, 0.15) is 0 Å². The fourth-order valence-corrected chi connectivity index (χ4v) is 0.597. The summed E-state index contributed by atoms with van der Waals surface area (Å²) in [6.07, 6.45) is 0. The summed E-state index contributed by atoms with van der Waals surface area (Å²) >= 11 is 0. The molecule has 0 spiro atoms. The van der Waals surface area contributed by atoms with Gasteiger partial charge in [-0.05, 0) is 0 Å². The molecule has 0 radical (unpaired) electrons. The van der Waals surface area contributed by atoms with E-state index in [0.717, 1.165) is 0 Å². The van der Waals surface area contributed by atoms with E-state index in [1.807, 2.05) is 0 Å². The van der Waals surface area contributed by atoms with E-state index in [4.69, 9.17) is 4.42 Å². The molecule has 0 unspecified atom stereocenters. The maximum absolute atomic E-state index is 11.1. The Morgan fingerprint density at radius 2 is 2.17 bits per heavy atom. The first-order valence-electron chi connectivity index (χ1n) is 3.70. The van der Waals surface area contributed by atoms with Crippen LogP contribution in [0, 0.1) is 12.8 Å². The van der Waals surface area contributed by atoms with Crippen molar-refractivity contribution in [3.63, 3.8) is 0 Å². The van der Waals surface area contributed by atoms with E-state index in [2.05, 4.69) is 15.5 Å². The Morgan fingerprint density at radius 3 is 2.58 bits per heavy atom. The highest BCUT2D eigenvalue weighted by molar-refractivity contribution is 5.89. The number of aryl methyl sites for hydroxylation is 1. The third-order valence-corrected chi connectivity index (χ3v) is 1.28. The fourth-order valence-electron chi connectivity index (χ4n) is 0.597. The van der Waals surface area contributed by atoms with Crippen molar-refractivity contribution in [3.8, 4) is 0 Å². The Bertz CT molecular complexity index is 280. The minimum Gasteiger partial charge on any atom is -0.408 e. The lowest BCUT2D eigenvalue weighted by atomic mass is 10.2. The van der Waals surface area contributed by atoms with Crippen LogP contribution < -0.4 is 5.32 Å². The van der Waals surface area contributed by atoms with E-state index in [0.29, 0.717) is 5.89 Å². The van der Waals surface area contributed by atoms with Crippen molar-refractivity contribution in [2.75, 3.05) is 5.32 Å². The standard InChI is InChI=1S/C7H11N3O2/c1-4(2)6(11)8-7-10-9-5(3)12-7/h4H,1-3H3,(H,8,10,11). The summed E-state index contributed by atoms with van der Waals surface area (Å²) in [7, 11) is 0. The quantitative estimate of drug-likeness (QED) is 0.716. The van der Waals surface area contributed by atoms with Crippen LogP contribution in [0.4, 0.5) is 6.01 Å². The number of amides is 1. The summed E-state index contributed by atoms with van der Waals surface area (Å²) in [4.78, 5) is 11.1. The second-order valence-electron chi connectivity index (χ2n) is 2.77. The van der Waals surface area contributed by atoms with Gasteiger partial charge in [0.2, 0.25) is 11.8 Å². The van der Waals surface area contributed by atoms with E-state index in [9.17, 15) is 4.79 Å². The molecule has 5 nitrogen and oxygen atoms in total. The highest BCUT2D eigenvalue weighted by Gasteiger charge is 2.10. The van der Waals surface area contributed by atoms with Crippen molar-refractivity contribution < 1.29 is 9.21 Å². The summed E-state index contributed by atoms with van der Waals surface area (Å²) in [5.74, 6) is 0.227. The molecule has 5 heteroatoms. The zero-order valence-electron chi connectivity index (χ0n) is 7.29. The molecular formula is C7H11N3O2. The fraction of sp³-hybridized carbons (Fsp3) is 0.571. The molecular weight excluding hydrogens is 158 g/mol. The molecule has 12 heavy (non-hydrogen) atoms. The predicted octanol–water partition coefficient (Wildman–Crippen LogP) is 0.973. The van der Waals surface area contributed by atoms with E-state index in [1.165, 1.54) is 0 Å². The highest BCUT2D eigenvalue weighted by Crippen LogP contribution is 2.05. The topological polar surface area (TPSA) is 68.0 Å². The molecule has 0 aliphatic heterocycles. The molecule has 0 aromatic carbocycles. The first kappa shape index (κ1) is 8.70. The highest BCUT2D eigenvalue weighted by atomic mass is 16.4. The monoisotopic (exact) mass is 169 g/mol. The Hall–Kier alpha value is -1.39. The molecule has 66 valence electrons. The Balaban J connectivity index is 2.58. The van der Waals surface area contributed by atoms with Crippen molar-refractivity contribution in [3.05, 3.63) is 5.89 Å². The first-order valence-corrected chi connectivity index (χ1v) is 3.70. The van der Waals surface area contributed by atoms with E-state index in [1.54, 1.807) is 20.8 Å². The Kier molecular flexibility index (Phi) is 2.42. The lowest BCUT2D eigenvalue weighted by Crippen LogP contribution is -2.17. The van der Waals surface area contributed by atoms with Crippen LogP contribution in [0.25, 0.3) is 0 Å². The van der Waals surface area contributed by atoms with E-state index >= 15 is 0 Å². The Morgan fingerprint density at radius 1 is 1.50 bits per heavy atom. The molecule has 0 aliphatic rings. The number of hydrogen-bond acceptors (Lipinski definition) is 4. The smallest absolute Gasteiger partial charge is 0.322 e. The molecule has 1 amide bonds. The third kappa shape index (κ3) is 2.05. The molecule has 0 fully saturated rings. The molecule has 0 aliphatic carbocycles. The maximum atomic E-state index is 11.1. The summed E-state index contributed by atoms with van der Waals surface area (Å²) in [5.41, 5.74) is 0. The van der Waals surface area contributed by atoms with Crippen LogP contribution in [0.15, 0.2) is 4.42 Å². The average molecular weight is 169 g/mol. The number of rotatable bonds is 2. The van der Waals surface area contributed by atoms with Crippen LogP contribution in [0.2, 0.25) is 0 Å². The van der Waals surface area contributed by atoms with Gasteiger partial charge < -0.3 is 4.42 Å². The van der Waals surface area contributed by atoms with Gasteiger partial charge in [-0.15, -0.1) is 5.10 Å². The maximum Gasteiger partial charge on any atom is 0.322 e. The molecule has 1 heterocycles. The second-order valence-corrected chi connectivity index (χ2v) is 2.77. The number of hydrogen-bond donors (Lipinski definition) is 1. The minimum atomic E-state index is -0.126. The molecule has 0 atom stereocenters. The van der Waals surface area contributed by atoms with Gasteiger partial charge in [-0.2, -0.15) is 0 Å². The largest absolute Gasteiger partial charge is 0.408 e. The number of anilines is 1. The van der Waals surface area contributed by atoms with Crippen molar-refractivity contribution in [2.45, 2.75) is 20.8 Å². The van der Waals surface area contributed by atoms with E-state index < -0.39 is 0 Å². The van der Waals surface area contributed by atoms with Crippen LogP contribution in [0.1, 0.15) is 19.7 Å². The first-order chi connectivity index (χ1) is 5.59. The van der Waals surface area contributed by atoms with Crippen molar-refractivity contribution >= 4 is 11.9 Å². The van der Waals surface area contributed by atoms with Gasteiger partial charge in [0, 0.05) is 12.8 Å². The van der Waals surface area contributed by atoms with Crippen LogP contribution in [0.3, 0.4) is 0 Å². The lowest BCUT2D eigenvalue weighted by Gasteiger charge is -2.01. The molecule has 1 aromatic rings. The SMILES string of the molecule is Cc1nnc(NC(=O)C(C)C)o1. The molecule has 0 saturated heterocycles. The molecule has 0 saturated carbocycles. The summed E-state index contributed by atoms with van der Waals surface area (Å²) in [6.45, 7) is 5.25. The van der Waals surface area contributed by atoms with Crippen molar-refractivity contribution in [2.24, 2.45) is 5.92 Å². The summed E-state index contributed by atoms with van der Waals surface area (Å²) in [5, 5.41) is 9.67. The van der Waals surface area contributed by atoms with Gasteiger partial charge >= 0.3 is 6.01 Å². The number of carbonyl (C=O) groups is 1. The normalized spacial score (nSPS) is 10.3. The summed E-state index contributed by atoms with van der Waals surface area (Å²) < 4.78 is 4.95. The van der Waals surface area contributed by atoms with Crippen LogP contribution in [0.5, 0.6) is 0 Å². The second kappa shape index (κ2) is 3.34. The van der Waals surface area contributed by atoms with Crippen molar-refractivity contribution in [1.82, 2.24) is 10.2 Å². The van der Waals surface area contributed by atoms with Gasteiger partial charge in [-0.1, -0.05) is 18.9 Å². The molecule has 1 rings (SSSR count). The van der Waals surface area contributed by atoms with Crippen LogP contribution in [-0.2, 0) is 4.79 Å². The zero-order valence-corrected chi connectivity index (χ0v) is 7.29. The molecule has 1 N–H and O–H groups in total. The van der Waals surface area contributed by atoms with Crippen molar-refractivity contribution in [1.29, 1.82) is 0 Å². The van der Waals surface area contributed by atoms with Gasteiger partial charge in [-0.3, -0.25) is 10.1 Å². The molecule has 0 bridgehead atoms. The number of nitrogens with zero attached hydrogens (tertiary/aromatic N) is 2. The van der Waals surface area contributed by atoms with Crippen LogP contribution in [-0.4, -0.2) is 16.1 Å². The molecule has 1 aromatic heterocycles. The average Bonchev–Trinajstić information content (AvgIpc) is 2.35. The van der Waals surface area contributed by atoms with E-state index in [-0.39, 0.29) is 17.8 Å². The predicted molar refractivity (Wildman–Crippen MR) is 42.5 cm³/mol.